The Balaban J connectivity index is 5.30. The molecule has 0 saturated heterocycles. The second-order valence-corrected chi connectivity index (χ2v) is 7.85. The summed E-state index contributed by atoms with van der Waals surface area (Å²) in [4.78, 5) is 59.2. The lowest BCUT2D eigenvalue weighted by Gasteiger charge is -2.27. The number of hydrogen-bond acceptors (Lipinski definition) is 7. The van der Waals surface area contributed by atoms with Gasteiger partial charge in [-0.15, -0.1) is 0 Å². The predicted molar refractivity (Wildman–Crippen MR) is 110 cm³/mol. The molecule has 0 radical (unpaired) electrons. The number of carbonyl (C=O) groups is 5. The lowest BCUT2D eigenvalue weighted by Crippen LogP contribution is -2.59. The number of nitrogens with two attached hydrogens (primary N) is 1. The summed E-state index contributed by atoms with van der Waals surface area (Å²) >= 11 is 0. The summed E-state index contributed by atoms with van der Waals surface area (Å²) in [5.41, 5.74) is 5.86. The van der Waals surface area contributed by atoms with Crippen LogP contribution in [0.1, 0.15) is 47.0 Å². The van der Waals surface area contributed by atoms with Crippen molar-refractivity contribution in [3.63, 3.8) is 0 Å². The van der Waals surface area contributed by atoms with Gasteiger partial charge in [0.15, 0.2) is 0 Å². The lowest BCUT2D eigenvalue weighted by atomic mass is 9.96. The standard InChI is InChI=1S/C19H34N4O8/c1-5-10(4)15(23-16(27)11(20)6-9(2)3)18(29)22-13(8-24)17(28)21-12(19(30)31)7-14(25)26/h9-13,15,24H,5-8,20H2,1-4H3,(H,21,28)(H,22,29)(H,23,27)(H,25,26)(H,30,31). The third kappa shape index (κ3) is 10.2. The van der Waals surface area contributed by atoms with Crippen LogP contribution in [0.4, 0.5) is 0 Å². The number of carboxylic acid groups (broad SMARTS) is 2. The molecule has 0 aromatic rings. The van der Waals surface area contributed by atoms with Crippen molar-refractivity contribution in [2.45, 2.75) is 71.1 Å². The molecule has 0 aliphatic carbocycles. The number of nitrogens with one attached hydrogen (secondary N) is 3. The number of carboxylic acids is 2. The van der Waals surface area contributed by atoms with Crippen LogP contribution in [-0.2, 0) is 24.0 Å². The first-order chi connectivity index (χ1) is 14.3. The van der Waals surface area contributed by atoms with E-state index in [1.165, 1.54) is 0 Å². The number of aliphatic hydroxyl groups is 1. The quantitative estimate of drug-likeness (QED) is 0.164. The zero-order chi connectivity index (χ0) is 24.3. The minimum absolute atomic E-state index is 0.159. The molecule has 0 rings (SSSR count). The van der Waals surface area contributed by atoms with Gasteiger partial charge in [0.2, 0.25) is 17.7 Å². The molecule has 5 atom stereocenters. The van der Waals surface area contributed by atoms with Crippen molar-refractivity contribution in [1.29, 1.82) is 0 Å². The minimum Gasteiger partial charge on any atom is -0.481 e. The van der Waals surface area contributed by atoms with Crippen LogP contribution in [0.3, 0.4) is 0 Å². The minimum atomic E-state index is -1.74. The van der Waals surface area contributed by atoms with Crippen LogP contribution in [0.2, 0.25) is 0 Å². The Labute approximate surface area is 180 Å². The summed E-state index contributed by atoms with van der Waals surface area (Å²) in [5, 5.41) is 34.1. The molecule has 0 aliphatic heterocycles. The number of rotatable bonds is 14. The van der Waals surface area contributed by atoms with E-state index in [0.29, 0.717) is 12.8 Å². The van der Waals surface area contributed by atoms with Gasteiger partial charge >= 0.3 is 11.9 Å². The Morgan fingerprint density at radius 1 is 0.871 bits per heavy atom. The Bertz CT molecular complexity index is 655. The van der Waals surface area contributed by atoms with Crippen molar-refractivity contribution in [1.82, 2.24) is 16.0 Å². The fourth-order valence-electron chi connectivity index (χ4n) is 2.68. The highest BCUT2D eigenvalue weighted by Gasteiger charge is 2.32. The van der Waals surface area contributed by atoms with Crippen molar-refractivity contribution in [2.75, 3.05) is 6.61 Å². The topological polar surface area (TPSA) is 208 Å². The molecule has 0 aromatic heterocycles. The van der Waals surface area contributed by atoms with Gasteiger partial charge < -0.3 is 37.0 Å². The second kappa shape index (κ2) is 13.5. The average Bonchev–Trinajstić information content (AvgIpc) is 2.67. The molecule has 5 unspecified atom stereocenters. The molecule has 0 bridgehead atoms. The summed E-state index contributed by atoms with van der Waals surface area (Å²) in [6.07, 6.45) is 0.0302. The maximum Gasteiger partial charge on any atom is 0.326 e. The van der Waals surface area contributed by atoms with E-state index in [9.17, 15) is 29.1 Å². The van der Waals surface area contributed by atoms with E-state index in [1.807, 2.05) is 19.2 Å². The third-order valence-corrected chi connectivity index (χ3v) is 4.66. The maximum absolute atomic E-state index is 12.7. The van der Waals surface area contributed by atoms with Gasteiger partial charge in [0.05, 0.1) is 19.1 Å². The summed E-state index contributed by atoms with van der Waals surface area (Å²) < 4.78 is 0. The monoisotopic (exact) mass is 446 g/mol. The van der Waals surface area contributed by atoms with E-state index in [4.69, 9.17) is 15.9 Å². The highest BCUT2D eigenvalue weighted by atomic mass is 16.4. The molecule has 0 aliphatic rings. The van der Waals surface area contributed by atoms with Crippen LogP contribution in [-0.4, -0.2) is 75.8 Å². The van der Waals surface area contributed by atoms with Gasteiger partial charge in [-0.05, 0) is 18.3 Å². The number of amides is 3. The van der Waals surface area contributed by atoms with E-state index in [0.717, 1.165) is 0 Å². The van der Waals surface area contributed by atoms with Gasteiger partial charge in [-0.3, -0.25) is 19.2 Å². The number of hydrogen-bond donors (Lipinski definition) is 7. The third-order valence-electron chi connectivity index (χ3n) is 4.66. The average molecular weight is 447 g/mol. The van der Waals surface area contributed by atoms with E-state index in [2.05, 4.69) is 10.6 Å². The SMILES string of the molecule is CCC(C)C(NC(=O)C(N)CC(C)C)C(=O)NC(CO)C(=O)NC(CC(=O)O)C(=O)O. The number of carbonyl (C=O) groups excluding carboxylic acids is 3. The maximum atomic E-state index is 12.7. The first-order valence-corrected chi connectivity index (χ1v) is 10.1. The van der Waals surface area contributed by atoms with Crippen molar-refractivity contribution < 1.29 is 39.3 Å². The van der Waals surface area contributed by atoms with Crippen molar-refractivity contribution >= 4 is 29.7 Å². The van der Waals surface area contributed by atoms with Gasteiger partial charge in [-0.2, -0.15) is 0 Å². The van der Waals surface area contributed by atoms with E-state index in [1.54, 1.807) is 13.8 Å². The fourth-order valence-corrected chi connectivity index (χ4v) is 2.68. The first-order valence-electron chi connectivity index (χ1n) is 10.1. The lowest BCUT2D eigenvalue weighted by molar-refractivity contribution is -0.147. The molecule has 3 amide bonds. The molecule has 178 valence electrons. The fraction of sp³-hybridized carbons (Fsp3) is 0.737. The molecule has 31 heavy (non-hydrogen) atoms. The molecule has 0 saturated carbocycles. The van der Waals surface area contributed by atoms with Gasteiger partial charge in [0.1, 0.15) is 18.1 Å². The summed E-state index contributed by atoms with van der Waals surface area (Å²) in [7, 11) is 0. The van der Waals surface area contributed by atoms with Crippen LogP contribution in [0.15, 0.2) is 0 Å². The Kier molecular flexibility index (Phi) is 12.4. The van der Waals surface area contributed by atoms with Gasteiger partial charge in [-0.25, -0.2) is 4.79 Å². The summed E-state index contributed by atoms with van der Waals surface area (Å²) in [6.45, 7) is 6.42. The molecule has 0 spiro atoms. The Morgan fingerprint density at radius 3 is 1.84 bits per heavy atom. The van der Waals surface area contributed by atoms with E-state index < -0.39 is 66.9 Å². The zero-order valence-electron chi connectivity index (χ0n) is 18.3. The Morgan fingerprint density at radius 2 is 1.42 bits per heavy atom. The molecule has 0 fully saturated rings. The van der Waals surface area contributed by atoms with E-state index in [-0.39, 0.29) is 11.8 Å². The molecule has 8 N–H and O–H groups in total. The van der Waals surface area contributed by atoms with Crippen LogP contribution in [0, 0.1) is 11.8 Å². The number of aliphatic hydroxyl groups excluding tert-OH is 1. The van der Waals surface area contributed by atoms with Crippen LogP contribution >= 0.6 is 0 Å². The summed E-state index contributed by atoms with van der Waals surface area (Å²) in [5.74, 6) is -5.58. The van der Waals surface area contributed by atoms with Crippen molar-refractivity contribution in [2.24, 2.45) is 17.6 Å². The molecule has 12 heteroatoms. The van der Waals surface area contributed by atoms with Crippen LogP contribution < -0.4 is 21.7 Å². The van der Waals surface area contributed by atoms with Crippen LogP contribution in [0.25, 0.3) is 0 Å². The van der Waals surface area contributed by atoms with Gasteiger partial charge in [-0.1, -0.05) is 34.1 Å². The number of aliphatic carboxylic acids is 2. The van der Waals surface area contributed by atoms with Crippen LogP contribution in [0.5, 0.6) is 0 Å². The molecule has 0 heterocycles. The molecular weight excluding hydrogens is 412 g/mol. The normalized spacial score (nSPS) is 15.8. The second-order valence-electron chi connectivity index (χ2n) is 7.85. The smallest absolute Gasteiger partial charge is 0.326 e. The highest BCUT2D eigenvalue weighted by Crippen LogP contribution is 2.10. The van der Waals surface area contributed by atoms with E-state index >= 15 is 0 Å². The van der Waals surface area contributed by atoms with Crippen molar-refractivity contribution in [3.05, 3.63) is 0 Å². The summed E-state index contributed by atoms with van der Waals surface area (Å²) in [6, 6.07) is -5.17. The van der Waals surface area contributed by atoms with Gasteiger partial charge in [0, 0.05) is 0 Å². The highest BCUT2D eigenvalue weighted by molar-refractivity contribution is 5.94. The molecular formula is C19H34N4O8. The predicted octanol–water partition coefficient (Wildman–Crippen LogP) is -1.59. The van der Waals surface area contributed by atoms with Crippen molar-refractivity contribution in [3.8, 4) is 0 Å². The Hall–Kier alpha value is -2.73. The molecule has 0 aromatic carbocycles. The van der Waals surface area contributed by atoms with Gasteiger partial charge in [0.25, 0.3) is 0 Å². The zero-order valence-corrected chi connectivity index (χ0v) is 18.3. The first kappa shape index (κ1) is 28.3. The molecule has 12 nitrogen and oxygen atoms in total. The largest absolute Gasteiger partial charge is 0.481 e.